The Morgan fingerprint density at radius 3 is 2.54 bits per heavy atom. The minimum absolute atomic E-state index is 0.218. The molecule has 182 valence electrons. The van der Waals surface area contributed by atoms with E-state index in [4.69, 9.17) is 4.74 Å². The summed E-state index contributed by atoms with van der Waals surface area (Å²) in [5, 5.41) is 12.3. The largest absolute Gasteiger partial charge is 0.478 e. The van der Waals surface area contributed by atoms with Gasteiger partial charge in [-0.05, 0) is 63.6 Å². The molecule has 0 aliphatic carbocycles. The maximum absolute atomic E-state index is 12.8. The minimum Gasteiger partial charge on any atom is -0.478 e. The lowest BCUT2D eigenvalue weighted by molar-refractivity contribution is 0.0577. The van der Waals surface area contributed by atoms with E-state index in [1.807, 2.05) is 33.8 Å². The normalized spacial score (nSPS) is 14.4. The monoisotopic (exact) mass is 475 g/mol. The number of carbonyl (C=O) groups excluding carboxylic acids is 1. The maximum Gasteiger partial charge on any atom is 0.416 e. The number of aryl methyl sites for hydroxylation is 1. The molecule has 0 fully saturated rings. The average Bonchev–Trinajstić information content (AvgIpc) is 3.04. The molecule has 0 saturated heterocycles. The second kappa shape index (κ2) is 8.65. The number of benzene rings is 1. The van der Waals surface area contributed by atoms with Gasteiger partial charge in [0, 0.05) is 41.2 Å². The molecule has 0 radical (unpaired) electrons. The first-order chi connectivity index (χ1) is 16.3. The van der Waals surface area contributed by atoms with Gasteiger partial charge in [0.2, 0.25) is 5.95 Å². The molecule has 3 aromatic rings. The number of carbonyl (C=O) groups is 2. The van der Waals surface area contributed by atoms with Gasteiger partial charge in [0.1, 0.15) is 11.4 Å². The van der Waals surface area contributed by atoms with E-state index in [0.717, 1.165) is 16.7 Å². The number of nitrogens with one attached hydrogen (secondary N) is 1. The number of rotatable bonds is 4. The fourth-order valence-electron chi connectivity index (χ4n) is 3.97. The summed E-state index contributed by atoms with van der Waals surface area (Å²) in [5.41, 5.74) is 3.20. The molecular weight excluding hydrogens is 446 g/mol. The molecule has 2 N–H and O–H groups in total. The molecule has 1 aliphatic heterocycles. The van der Waals surface area contributed by atoms with E-state index in [1.165, 1.54) is 6.07 Å². The van der Waals surface area contributed by atoms with Crippen molar-refractivity contribution in [1.29, 1.82) is 0 Å². The van der Waals surface area contributed by atoms with Crippen molar-refractivity contribution in [3.05, 3.63) is 59.4 Å². The predicted molar refractivity (Wildman–Crippen MR) is 133 cm³/mol. The van der Waals surface area contributed by atoms with Crippen molar-refractivity contribution in [3.8, 4) is 11.3 Å². The molecule has 0 atom stereocenters. The van der Waals surface area contributed by atoms with Crippen molar-refractivity contribution >= 4 is 29.5 Å². The number of carboxylic acids is 1. The number of hydrogen-bond donors (Lipinski definition) is 2. The molecule has 1 aliphatic rings. The Morgan fingerprint density at radius 1 is 1.14 bits per heavy atom. The van der Waals surface area contributed by atoms with E-state index in [0.29, 0.717) is 29.7 Å². The summed E-state index contributed by atoms with van der Waals surface area (Å²) in [7, 11) is 0. The van der Waals surface area contributed by atoms with Gasteiger partial charge in [0.05, 0.1) is 11.3 Å². The highest BCUT2D eigenvalue weighted by Gasteiger charge is 2.41. The number of nitrogens with zero attached hydrogens (tertiary/aromatic N) is 4. The minimum atomic E-state index is -0.977. The van der Waals surface area contributed by atoms with Crippen LogP contribution in [0.25, 0.3) is 11.3 Å². The van der Waals surface area contributed by atoms with E-state index in [1.54, 1.807) is 35.5 Å². The van der Waals surface area contributed by atoms with Crippen LogP contribution in [-0.2, 0) is 10.2 Å². The molecule has 3 heterocycles. The van der Waals surface area contributed by atoms with Crippen LogP contribution in [0, 0.1) is 6.92 Å². The van der Waals surface area contributed by atoms with Gasteiger partial charge < -0.3 is 15.2 Å². The fourth-order valence-corrected chi connectivity index (χ4v) is 3.97. The maximum atomic E-state index is 12.8. The third-order valence-corrected chi connectivity index (χ3v) is 5.69. The summed E-state index contributed by atoms with van der Waals surface area (Å²) < 4.78 is 5.57. The molecule has 1 amide bonds. The van der Waals surface area contributed by atoms with Crippen LogP contribution in [0.5, 0.6) is 0 Å². The zero-order chi connectivity index (χ0) is 25.5. The van der Waals surface area contributed by atoms with Gasteiger partial charge in [0.25, 0.3) is 0 Å². The van der Waals surface area contributed by atoms with Crippen molar-refractivity contribution in [2.45, 2.75) is 52.6 Å². The first-order valence-electron chi connectivity index (χ1n) is 11.3. The van der Waals surface area contributed by atoms with Crippen molar-refractivity contribution in [3.63, 3.8) is 0 Å². The first kappa shape index (κ1) is 24.1. The fraction of sp³-hybridized carbons (Fsp3) is 0.346. The van der Waals surface area contributed by atoms with Crippen LogP contribution in [0.15, 0.2) is 42.7 Å². The smallest absolute Gasteiger partial charge is 0.416 e. The zero-order valence-corrected chi connectivity index (χ0v) is 20.7. The Balaban J connectivity index is 1.62. The highest BCUT2D eigenvalue weighted by molar-refractivity contribution is 5.91. The van der Waals surface area contributed by atoms with Crippen molar-refractivity contribution < 1.29 is 19.4 Å². The molecule has 1 aromatic carbocycles. The van der Waals surface area contributed by atoms with Crippen LogP contribution in [0.1, 0.15) is 56.1 Å². The standard InChI is InChI=1S/C26H29N5O4/c1-15-11-16(22(32)33)7-8-19(15)29-23-27-10-9-20(30-23)17-12-18-21(28-13-17)31(14-26(18,5)6)24(34)35-25(2,3)4/h7-13H,14H2,1-6H3,(H,32,33)(H,27,29,30). The highest BCUT2D eigenvalue weighted by atomic mass is 16.6. The van der Waals surface area contributed by atoms with Gasteiger partial charge in [-0.1, -0.05) is 13.8 Å². The Bertz CT molecular complexity index is 1310. The molecule has 0 saturated carbocycles. The number of amides is 1. The van der Waals surface area contributed by atoms with E-state index < -0.39 is 17.7 Å². The van der Waals surface area contributed by atoms with Crippen molar-refractivity contribution in [2.75, 3.05) is 16.8 Å². The number of ether oxygens (including phenoxy) is 1. The summed E-state index contributed by atoms with van der Waals surface area (Å²) in [6.45, 7) is 11.9. The van der Waals surface area contributed by atoms with Crippen LogP contribution < -0.4 is 10.2 Å². The summed E-state index contributed by atoms with van der Waals surface area (Å²) in [6, 6.07) is 8.62. The third kappa shape index (κ3) is 5.08. The van der Waals surface area contributed by atoms with Gasteiger partial charge in [-0.3, -0.25) is 4.90 Å². The third-order valence-electron chi connectivity index (χ3n) is 5.69. The molecule has 2 aromatic heterocycles. The first-order valence-corrected chi connectivity index (χ1v) is 11.3. The predicted octanol–water partition coefficient (Wildman–Crippen LogP) is 5.32. The van der Waals surface area contributed by atoms with Gasteiger partial charge in [-0.15, -0.1) is 0 Å². The van der Waals surface area contributed by atoms with Crippen LogP contribution in [0.2, 0.25) is 0 Å². The molecule has 0 unspecified atom stereocenters. The summed E-state index contributed by atoms with van der Waals surface area (Å²) in [4.78, 5) is 39.1. The second-order valence-electron chi connectivity index (χ2n) is 10.3. The zero-order valence-electron chi connectivity index (χ0n) is 20.7. The van der Waals surface area contributed by atoms with Gasteiger partial charge in [-0.25, -0.2) is 24.5 Å². The topological polar surface area (TPSA) is 118 Å². The summed E-state index contributed by atoms with van der Waals surface area (Å²) in [5.74, 6) is -0.00599. The Labute approximate surface area is 204 Å². The van der Waals surface area contributed by atoms with E-state index in [2.05, 4.69) is 34.1 Å². The second-order valence-corrected chi connectivity index (χ2v) is 10.3. The Hall–Kier alpha value is -4.01. The van der Waals surface area contributed by atoms with Gasteiger partial charge in [-0.2, -0.15) is 0 Å². The highest BCUT2D eigenvalue weighted by Crippen LogP contribution is 2.41. The molecule has 4 rings (SSSR count). The van der Waals surface area contributed by atoms with Crippen LogP contribution >= 0.6 is 0 Å². The number of aromatic nitrogens is 3. The average molecular weight is 476 g/mol. The molecular formula is C26H29N5O4. The molecule has 0 spiro atoms. The lowest BCUT2D eigenvalue weighted by Gasteiger charge is -2.25. The summed E-state index contributed by atoms with van der Waals surface area (Å²) >= 11 is 0. The number of hydrogen-bond acceptors (Lipinski definition) is 7. The van der Waals surface area contributed by atoms with Gasteiger partial charge >= 0.3 is 12.1 Å². The molecule has 35 heavy (non-hydrogen) atoms. The Morgan fingerprint density at radius 2 is 1.89 bits per heavy atom. The number of carboxylic acid groups (broad SMARTS) is 1. The number of anilines is 3. The lowest BCUT2D eigenvalue weighted by atomic mass is 9.87. The number of pyridine rings is 1. The Kier molecular flexibility index (Phi) is 5.96. The lowest BCUT2D eigenvalue weighted by Crippen LogP contribution is -2.38. The summed E-state index contributed by atoms with van der Waals surface area (Å²) in [6.07, 6.45) is 2.93. The van der Waals surface area contributed by atoms with E-state index in [9.17, 15) is 14.7 Å². The molecule has 0 bridgehead atoms. The number of aromatic carboxylic acids is 1. The van der Waals surface area contributed by atoms with Crippen LogP contribution in [-0.4, -0.2) is 44.3 Å². The molecule has 9 nitrogen and oxygen atoms in total. The van der Waals surface area contributed by atoms with Crippen LogP contribution in [0.3, 0.4) is 0 Å². The van der Waals surface area contributed by atoms with Gasteiger partial charge in [0.15, 0.2) is 0 Å². The van der Waals surface area contributed by atoms with Crippen molar-refractivity contribution in [2.24, 2.45) is 0 Å². The quantitative estimate of drug-likeness (QED) is 0.520. The molecule has 9 heteroatoms. The number of fused-ring (bicyclic) bond motifs is 1. The van der Waals surface area contributed by atoms with Crippen molar-refractivity contribution in [1.82, 2.24) is 15.0 Å². The SMILES string of the molecule is Cc1cc(C(=O)O)ccc1Nc1nccc(-c2cnc3c(c2)C(C)(C)CN3C(=O)OC(C)(C)C)n1. The van der Waals surface area contributed by atoms with E-state index >= 15 is 0 Å². The van der Waals surface area contributed by atoms with Crippen LogP contribution in [0.4, 0.5) is 22.2 Å². The van der Waals surface area contributed by atoms with E-state index in [-0.39, 0.29) is 11.0 Å².